The van der Waals surface area contributed by atoms with Crippen molar-refractivity contribution in [1.82, 2.24) is 9.88 Å². The third-order valence-electron chi connectivity index (χ3n) is 5.79. The average molecular weight is 437 g/mol. The number of oxazole rings is 1. The minimum Gasteiger partial charge on any atom is -0.462 e. The summed E-state index contributed by atoms with van der Waals surface area (Å²) in [6.07, 6.45) is 3.31. The van der Waals surface area contributed by atoms with Gasteiger partial charge in [-0.15, -0.1) is 0 Å². The van der Waals surface area contributed by atoms with E-state index >= 15 is 0 Å². The highest BCUT2D eigenvalue weighted by Gasteiger charge is 2.24. The first kappa shape index (κ1) is 21.9. The molecule has 0 unspecified atom stereocenters. The number of carbonyl (C=O) groups excluding carboxylic acids is 2. The van der Waals surface area contributed by atoms with Crippen molar-refractivity contribution >= 4 is 23.2 Å². The van der Waals surface area contributed by atoms with Crippen LogP contribution >= 0.6 is 0 Å². The summed E-state index contributed by atoms with van der Waals surface area (Å²) in [6, 6.07) is 14.9. The van der Waals surface area contributed by atoms with Crippen molar-refractivity contribution in [3.63, 3.8) is 0 Å². The molecule has 7 heteroatoms. The molecule has 1 aliphatic heterocycles. The number of amides is 1. The Kier molecular flexibility index (Phi) is 7.04. The number of aromatic nitrogens is 1. The number of hydrogen-bond acceptors (Lipinski definition) is 6. The van der Waals surface area contributed by atoms with Crippen molar-refractivity contribution < 1.29 is 23.5 Å². The fraction of sp³-hybridized carbons (Fsp3) is 0.400. The topological polar surface area (TPSA) is 81.9 Å². The maximum Gasteiger partial charge on any atom is 0.410 e. The zero-order valence-electron chi connectivity index (χ0n) is 18.3. The zero-order chi connectivity index (χ0) is 22.3. The van der Waals surface area contributed by atoms with Gasteiger partial charge >= 0.3 is 12.1 Å². The lowest BCUT2D eigenvalue weighted by Gasteiger charge is -2.31. The summed E-state index contributed by atoms with van der Waals surface area (Å²) >= 11 is 0. The standard InChI is InChI=1S/C25H28N2O5/c1-2-30-24(28)20-9-10-22-21(16-20)26-23(32-22)11-8-18-12-14-27(15-13-18)25(29)31-17-19-6-4-3-5-7-19/h3-7,9-10,16,18H,2,8,11-15,17H2,1H3. The lowest BCUT2D eigenvalue weighted by atomic mass is 9.92. The number of hydrogen-bond donors (Lipinski definition) is 0. The molecule has 0 radical (unpaired) electrons. The molecule has 0 N–H and O–H groups in total. The zero-order valence-corrected chi connectivity index (χ0v) is 18.3. The number of rotatable bonds is 7. The Labute approximate surface area is 187 Å². The second kappa shape index (κ2) is 10.3. The van der Waals surface area contributed by atoms with Crippen LogP contribution in [0.3, 0.4) is 0 Å². The van der Waals surface area contributed by atoms with Crippen molar-refractivity contribution in [2.75, 3.05) is 19.7 Å². The summed E-state index contributed by atoms with van der Waals surface area (Å²) in [7, 11) is 0. The van der Waals surface area contributed by atoms with Crippen LogP contribution in [0.2, 0.25) is 0 Å². The van der Waals surface area contributed by atoms with Crippen molar-refractivity contribution in [3.8, 4) is 0 Å². The highest BCUT2D eigenvalue weighted by molar-refractivity contribution is 5.93. The van der Waals surface area contributed by atoms with Gasteiger partial charge in [0.15, 0.2) is 11.5 Å². The van der Waals surface area contributed by atoms with Gasteiger partial charge in [0.2, 0.25) is 0 Å². The van der Waals surface area contributed by atoms with E-state index < -0.39 is 0 Å². The highest BCUT2D eigenvalue weighted by atomic mass is 16.6. The van der Waals surface area contributed by atoms with Gasteiger partial charge < -0.3 is 18.8 Å². The quantitative estimate of drug-likeness (QED) is 0.486. The van der Waals surface area contributed by atoms with Gasteiger partial charge in [0, 0.05) is 19.5 Å². The Balaban J connectivity index is 1.23. The lowest BCUT2D eigenvalue weighted by molar-refractivity contribution is 0.0526. The minimum atomic E-state index is -0.354. The molecule has 0 spiro atoms. The third kappa shape index (κ3) is 5.46. The van der Waals surface area contributed by atoms with Gasteiger partial charge in [0.1, 0.15) is 12.1 Å². The van der Waals surface area contributed by atoms with Gasteiger partial charge in [0.05, 0.1) is 12.2 Å². The number of aryl methyl sites for hydroxylation is 1. The van der Waals surface area contributed by atoms with Gasteiger partial charge in [-0.25, -0.2) is 14.6 Å². The SMILES string of the molecule is CCOC(=O)c1ccc2oc(CCC3CCN(C(=O)OCc4ccccc4)CC3)nc2c1. The first-order valence-corrected chi connectivity index (χ1v) is 11.1. The first-order valence-electron chi connectivity index (χ1n) is 11.1. The van der Waals surface area contributed by atoms with Gasteiger partial charge in [-0.2, -0.15) is 0 Å². The molecule has 4 rings (SSSR count). The Bertz CT molecular complexity index is 1050. The maximum absolute atomic E-state index is 12.3. The summed E-state index contributed by atoms with van der Waals surface area (Å²) in [6.45, 7) is 3.83. The smallest absolute Gasteiger partial charge is 0.410 e. The van der Waals surface area contributed by atoms with Gasteiger partial charge in [0.25, 0.3) is 0 Å². The van der Waals surface area contributed by atoms with E-state index in [9.17, 15) is 9.59 Å². The second-order valence-electron chi connectivity index (χ2n) is 8.02. The van der Waals surface area contributed by atoms with Crippen LogP contribution in [0.15, 0.2) is 52.9 Å². The van der Waals surface area contributed by atoms with Crippen LogP contribution in [0.5, 0.6) is 0 Å². The van der Waals surface area contributed by atoms with Crippen molar-refractivity contribution in [3.05, 3.63) is 65.5 Å². The normalized spacial score (nSPS) is 14.5. The molecule has 0 atom stereocenters. The molecular formula is C25H28N2O5. The summed E-state index contributed by atoms with van der Waals surface area (Å²) in [5.74, 6) is 0.831. The number of benzene rings is 2. The van der Waals surface area contributed by atoms with Crippen LogP contribution in [0.1, 0.15) is 48.0 Å². The molecule has 0 bridgehead atoms. The van der Waals surface area contributed by atoms with Crippen LogP contribution in [0.25, 0.3) is 11.1 Å². The highest BCUT2D eigenvalue weighted by Crippen LogP contribution is 2.25. The van der Waals surface area contributed by atoms with Crippen LogP contribution in [0, 0.1) is 5.92 Å². The number of esters is 1. The van der Waals surface area contributed by atoms with E-state index in [0.29, 0.717) is 54.8 Å². The van der Waals surface area contributed by atoms with E-state index in [-0.39, 0.29) is 12.1 Å². The molecule has 7 nitrogen and oxygen atoms in total. The van der Waals surface area contributed by atoms with Crippen LogP contribution in [0.4, 0.5) is 4.79 Å². The Morgan fingerprint density at radius 2 is 1.88 bits per heavy atom. The molecule has 2 aromatic carbocycles. The fourth-order valence-electron chi connectivity index (χ4n) is 3.97. The molecule has 32 heavy (non-hydrogen) atoms. The molecule has 1 fully saturated rings. The van der Waals surface area contributed by atoms with Gasteiger partial charge in [-0.3, -0.25) is 0 Å². The van der Waals surface area contributed by atoms with Crippen molar-refractivity contribution in [2.45, 2.75) is 39.2 Å². The molecule has 1 saturated heterocycles. The second-order valence-corrected chi connectivity index (χ2v) is 8.02. The predicted octanol–water partition coefficient (Wildman–Crippen LogP) is 4.99. The molecule has 1 amide bonds. The molecular weight excluding hydrogens is 408 g/mol. The number of nitrogens with zero attached hydrogens (tertiary/aromatic N) is 2. The number of ether oxygens (including phenoxy) is 2. The molecule has 1 aliphatic rings. The van der Waals surface area contributed by atoms with Crippen LogP contribution in [-0.2, 0) is 22.5 Å². The number of likely N-dealkylation sites (tertiary alicyclic amines) is 1. The van der Waals surface area contributed by atoms with Crippen LogP contribution < -0.4 is 0 Å². The third-order valence-corrected chi connectivity index (χ3v) is 5.79. The predicted molar refractivity (Wildman–Crippen MR) is 119 cm³/mol. The number of carbonyl (C=O) groups is 2. The van der Waals surface area contributed by atoms with Crippen LogP contribution in [-0.4, -0.2) is 41.6 Å². The van der Waals surface area contributed by atoms with Gasteiger partial charge in [-0.05, 0) is 55.9 Å². The summed E-state index contributed by atoms with van der Waals surface area (Å²) in [4.78, 5) is 30.5. The largest absolute Gasteiger partial charge is 0.462 e. The summed E-state index contributed by atoms with van der Waals surface area (Å²) < 4.78 is 16.3. The lowest BCUT2D eigenvalue weighted by Crippen LogP contribution is -2.38. The van der Waals surface area contributed by atoms with Crippen molar-refractivity contribution in [2.24, 2.45) is 5.92 Å². The fourth-order valence-corrected chi connectivity index (χ4v) is 3.97. The summed E-state index contributed by atoms with van der Waals surface area (Å²) in [5.41, 5.74) is 2.81. The van der Waals surface area contributed by atoms with Crippen molar-refractivity contribution in [1.29, 1.82) is 0 Å². The molecule has 2 heterocycles. The Morgan fingerprint density at radius 1 is 1.09 bits per heavy atom. The van der Waals surface area contributed by atoms with Gasteiger partial charge in [-0.1, -0.05) is 30.3 Å². The molecule has 3 aromatic rings. The molecule has 1 aromatic heterocycles. The maximum atomic E-state index is 12.3. The average Bonchev–Trinajstić information content (AvgIpc) is 3.24. The molecule has 168 valence electrons. The van der Waals surface area contributed by atoms with E-state index in [1.807, 2.05) is 30.3 Å². The Hall–Kier alpha value is -3.35. The molecule has 0 aliphatic carbocycles. The van der Waals surface area contributed by atoms with E-state index in [1.165, 1.54) is 0 Å². The summed E-state index contributed by atoms with van der Waals surface area (Å²) in [5, 5.41) is 0. The molecule has 0 saturated carbocycles. The van der Waals surface area contributed by atoms with E-state index in [0.717, 1.165) is 31.2 Å². The van der Waals surface area contributed by atoms with E-state index in [1.54, 1.807) is 30.0 Å². The first-order chi connectivity index (χ1) is 15.6. The Morgan fingerprint density at radius 3 is 2.62 bits per heavy atom. The minimum absolute atomic E-state index is 0.247. The number of piperidine rings is 1. The van der Waals surface area contributed by atoms with E-state index in [2.05, 4.69) is 4.98 Å². The van der Waals surface area contributed by atoms with E-state index in [4.69, 9.17) is 13.9 Å². The number of fused-ring (bicyclic) bond motifs is 1. The monoisotopic (exact) mass is 436 g/mol.